The molecule has 1 heterocycles. The smallest absolute Gasteiger partial charge is 0.240 e. The summed E-state index contributed by atoms with van der Waals surface area (Å²) in [4.78, 5) is 3.18. The number of hydrogen-bond acceptors (Lipinski definition) is 0. The minimum Gasteiger partial charge on any atom is -0.278 e. The molecule has 2 N–H and O–H groups in total. The highest BCUT2D eigenvalue weighted by atomic mass is 19.1. The van der Waals surface area contributed by atoms with Crippen LogP contribution in [0.1, 0.15) is 40.4 Å². The van der Waals surface area contributed by atoms with E-state index in [-0.39, 0.29) is 5.82 Å². The molecule has 3 aromatic carbocycles. The van der Waals surface area contributed by atoms with E-state index in [9.17, 15) is 4.39 Å². The van der Waals surface area contributed by atoms with E-state index >= 15 is 0 Å². The van der Waals surface area contributed by atoms with Crippen LogP contribution in [0.25, 0.3) is 0 Å². The Morgan fingerprint density at radius 1 is 0.759 bits per heavy atom. The maximum absolute atomic E-state index is 13.4. The van der Waals surface area contributed by atoms with Gasteiger partial charge >= 0.3 is 0 Å². The van der Waals surface area contributed by atoms with Crippen LogP contribution in [0.3, 0.4) is 0 Å². The molecule has 2 nitrogen and oxygen atoms in total. The molecule has 29 heavy (non-hydrogen) atoms. The van der Waals surface area contributed by atoms with Crippen molar-refractivity contribution < 1.29 is 14.2 Å². The topological polar surface area (TPSA) is 8.88 Å². The van der Waals surface area contributed by atoms with Gasteiger partial charge in [0.25, 0.3) is 0 Å². The molecule has 1 aliphatic rings. The van der Waals surface area contributed by atoms with Crippen molar-refractivity contribution in [2.75, 3.05) is 13.1 Å². The minimum atomic E-state index is -0.163. The van der Waals surface area contributed by atoms with Gasteiger partial charge in [-0.3, -0.25) is 9.80 Å². The molecule has 0 spiro atoms. The van der Waals surface area contributed by atoms with Gasteiger partial charge in [0.05, 0.1) is 18.7 Å². The Morgan fingerprint density at radius 3 is 1.93 bits per heavy atom. The summed E-state index contributed by atoms with van der Waals surface area (Å²) in [5.41, 5.74) is 6.62. The monoisotopic (exact) mass is 390 g/mol. The summed E-state index contributed by atoms with van der Waals surface area (Å²) in [7, 11) is 0. The van der Waals surface area contributed by atoms with Gasteiger partial charge in [0, 0.05) is 17.5 Å². The van der Waals surface area contributed by atoms with Crippen molar-refractivity contribution in [3.05, 3.63) is 106 Å². The Labute approximate surface area is 173 Å². The second-order valence-corrected chi connectivity index (χ2v) is 8.48. The molecule has 150 valence electrons. The summed E-state index contributed by atoms with van der Waals surface area (Å²) >= 11 is 0. The molecule has 1 fully saturated rings. The highest BCUT2D eigenvalue weighted by molar-refractivity contribution is 5.24. The van der Waals surface area contributed by atoms with Gasteiger partial charge in [0.2, 0.25) is 6.17 Å². The zero-order valence-corrected chi connectivity index (χ0v) is 17.4. The van der Waals surface area contributed by atoms with Gasteiger partial charge in [-0.05, 0) is 38.1 Å². The molecule has 0 radical (unpaired) electrons. The maximum atomic E-state index is 13.4. The summed E-state index contributed by atoms with van der Waals surface area (Å²) < 4.78 is 13.4. The van der Waals surface area contributed by atoms with Crippen LogP contribution >= 0.6 is 0 Å². The third-order valence-electron chi connectivity index (χ3n) is 6.08. The predicted molar refractivity (Wildman–Crippen MR) is 115 cm³/mol. The lowest BCUT2D eigenvalue weighted by molar-refractivity contribution is -1.16. The largest absolute Gasteiger partial charge is 0.278 e. The van der Waals surface area contributed by atoms with Crippen molar-refractivity contribution >= 4 is 0 Å². The van der Waals surface area contributed by atoms with Crippen LogP contribution in [0.5, 0.6) is 0 Å². The fourth-order valence-corrected chi connectivity index (χ4v) is 4.65. The summed E-state index contributed by atoms with van der Waals surface area (Å²) in [6.45, 7) is 8.60. The molecule has 3 unspecified atom stereocenters. The summed E-state index contributed by atoms with van der Waals surface area (Å²) in [5, 5.41) is 0. The molecule has 3 atom stereocenters. The third kappa shape index (κ3) is 4.92. The first-order valence-electron chi connectivity index (χ1n) is 10.6. The average Bonchev–Trinajstić information content (AvgIpc) is 2.72. The molecule has 4 rings (SSSR count). The van der Waals surface area contributed by atoms with E-state index in [1.54, 1.807) is 21.9 Å². The summed E-state index contributed by atoms with van der Waals surface area (Å²) in [6, 6.07) is 25.0. The molecular formula is C26H31FN2+2. The lowest BCUT2D eigenvalue weighted by Gasteiger charge is -2.38. The van der Waals surface area contributed by atoms with Gasteiger partial charge in [-0.2, -0.15) is 0 Å². The van der Waals surface area contributed by atoms with Crippen molar-refractivity contribution in [2.45, 2.75) is 39.5 Å². The highest BCUT2D eigenvalue weighted by Gasteiger charge is 2.37. The molecule has 0 saturated carbocycles. The van der Waals surface area contributed by atoms with Gasteiger partial charge in [0.1, 0.15) is 18.9 Å². The molecule has 3 heteroatoms. The summed E-state index contributed by atoms with van der Waals surface area (Å²) in [5.74, 6) is -0.163. The zero-order chi connectivity index (χ0) is 20.2. The van der Waals surface area contributed by atoms with Crippen molar-refractivity contribution in [2.24, 2.45) is 0 Å². The van der Waals surface area contributed by atoms with E-state index in [1.807, 2.05) is 12.1 Å². The van der Waals surface area contributed by atoms with E-state index in [0.29, 0.717) is 6.17 Å². The number of nitrogens with one attached hydrogen (secondary N) is 2. The highest BCUT2D eigenvalue weighted by Crippen LogP contribution is 2.12. The quantitative estimate of drug-likeness (QED) is 0.663. The normalized spacial score (nSPS) is 21.8. The van der Waals surface area contributed by atoms with Crippen LogP contribution in [0.15, 0.2) is 72.8 Å². The first kappa shape index (κ1) is 19.8. The number of hydrogen-bond donors (Lipinski definition) is 2. The Hall–Kier alpha value is -2.49. The van der Waals surface area contributed by atoms with Crippen molar-refractivity contribution in [3.8, 4) is 0 Å². The Balaban J connectivity index is 1.63. The first-order chi connectivity index (χ1) is 14.1. The van der Waals surface area contributed by atoms with Gasteiger partial charge in [-0.15, -0.1) is 0 Å². The lowest BCUT2D eigenvalue weighted by atomic mass is 10.0. The van der Waals surface area contributed by atoms with Crippen molar-refractivity contribution in [3.63, 3.8) is 0 Å². The molecular weight excluding hydrogens is 359 g/mol. The standard InChI is InChI=1S/C26H29FN2/c1-20-7-9-22(10-8-20)18-28-15-4-16-29(19-23-11-13-25(27)14-12-23)26(28)24-6-3-5-21(2)17-24/h3,5-14,17,26H,4,15-16,18-19H2,1-2H3/p+2. The average molecular weight is 391 g/mol. The van der Waals surface area contributed by atoms with Gasteiger partial charge < -0.3 is 0 Å². The van der Waals surface area contributed by atoms with Gasteiger partial charge in [-0.25, -0.2) is 4.39 Å². The maximum Gasteiger partial charge on any atom is 0.240 e. The van der Waals surface area contributed by atoms with Crippen LogP contribution in [-0.4, -0.2) is 13.1 Å². The zero-order valence-electron chi connectivity index (χ0n) is 17.4. The van der Waals surface area contributed by atoms with Crippen LogP contribution in [0.4, 0.5) is 4.39 Å². The van der Waals surface area contributed by atoms with E-state index in [4.69, 9.17) is 0 Å². The molecule has 1 aliphatic heterocycles. The van der Waals surface area contributed by atoms with Crippen molar-refractivity contribution in [1.82, 2.24) is 0 Å². The molecule has 1 saturated heterocycles. The Morgan fingerprint density at radius 2 is 1.34 bits per heavy atom. The van der Waals surface area contributed by atoms with Crippen LogP contribution in [0.2, 0.25) is 0 Å². The van der Waals surface area contributed by atoms with Gasteiger partial charge in [-0.1, -0.05) is 59.7 Å². The molecule has 0 bridgehead atoms. The first-order valence-corrected chi connectivity index (χ1v) is 10.6. The van der Waals surface area contributed by atoms with E-state index in [1.165, 1.54) is 40.8 Å². The Kier molecular flexibility index (Phi) is 6.08. The van der Waals surface area contributed by atoms with Crippen LogP contribution in [-0.2, 0) is 13.1 Å². The Bertz CT molecular complexity index is 878. The number of aryl methyl sites for hydroxylation is 2. The van der Waals surface area contributed by atoms with Crippen LogP contribution in [0, 0.1) is 19.7 Å². The third-order valence-corrected chi connectivity index (χ3v) is 6.08. The van der Waals surface area contributed by atoms with Crippen LogP contribution < -0.4 is 9.80 Å². The number of rotatable bonds is 5. The lowest BCUT2D eigenvalue weighted by Crippen LogP contribution is -3.32. The number of quaternary nitrogens is 2. The minimum absolute atomic E-state index is 0.163. The summed E-state index contributed by atoms with van der Waals surface area (Å²) in [6.07, 6.45) is 1.59. The van der Waals surface area contributed by atoms with E-state index in [2.05, 4.69) is 62.4 Å². The van der Waals surface area contributed by atoms with E-state index < -0.39 is 0 Å². The predicted octanol–water partition coefficient (Wildman–Crippen LogP) is 3.02. The molecule has 3 aromatic rings. The number of benzene rings is 3. The second kappa shape index (κ2) is 8.89. The molecule has 0 aromatic heterocycles. The molecule has 0 amide bonds. The fourth-order valence-electron chi connectivity index (χ4n) is 4.65. The fraction of sp³-hybridized carbons (Fsp3) is 0.308. The second-order valence-electron chi connectivity index (χ2n) is 8.48. The number of halogens is 1. The van der Waals surface area contributed by atoms with Gasteiger partial charge in [0.15, 0.2) is 0 Å². The molecule has 0 aliphatic carbocycles. The van der Waals surface area contributed by atoms with Crippen molar-refractivity contribution in [1.29, 1.82) is 0 Å². The SMILES string of the molecule is Cc1ccc(C[NH+]2CCC[NH+](Cc3ccc(F)cc3)C2c2cccc(C)c2)cc1. The van der Waals surface area contributed by atoms with E-state index in [0.717, 1.165) is 19.6 Å².